The molecule has 1 atom stereocenters. The van der Waals surface area contributed by atoms with Gasteiger partial charge in [-0.25, -0.2) is 4.39 Å². The van der Waals surface area contributed by atoms with E-state index in [1.807, 2.05) is 0 Å². The number of carbonyl (C=O) groups is 1. The molecule has 1 aliphatic rings. The SMILES string of the molecule is O=C(NC1CCOC1)c1cc(F)ccc1[N+](=O)[O-]. The maximum atomic E-state index is 13.1. The lowest BCUT2D eigenvalue weighted by Gasteiger charge is -2.10. The first-order chi connectivity index (χ1) is 8.58. The highest BCUT2D eigenvalue weighted by molar-refractivity contribution is 5.98. The van der Waals surface area contributed by atoms with E-state index in [4.69, 9.17) is 4.74 Å². The smallest absolute Gasteiger partial charge is 0.282 e. The van der Waals surface area contributed by atoms with Gasteiger partial charge in [-0.15, -0.1) is 0 Å². The molecular weight excluding hydrogens is 243 g/mol. The average Bonchev–Trinajstić information content (AvgIpc) is 2.81. The summed E-state index contributed by atoms with van der Waals surface area (Å²) in [5.74, 6) is -1.34. The molecule has 0 aliphatic carbocycles. The van der Waals surface area contributed by atoms with Gasteiger partial charge in [0.2, 0.25) is 0 Å². The van der Waals surface area contributed by atoms with Crippen molar-refractivity contribution in [3.63, 3.8) is 0 Å². The number of nitrogens with one attached hydrogen (secondary N) is 1. The van der Waals surface area contributed by atoms with Crippen molar-refractivity contribution >= 4 is 11.6 Å². The van der Waals surface area contributed by atoms with Crippen molar-refractivity contribution in [1.82, 2.24) is 5.32 Å². The highest BCUT2D eigenvalue weighted by Gasteiger charge is 2.24. The molecule has 7 heteroatoms. The van der Waals surface area contributed by atoms with E-state index in [1.54, 1.807) is 0 Å². The monoisotopic (exact) mass is 254 g/mol. The minimum absolute atomic E-state index is 0.180. The van der Waals surface area contributed by atoms with Gasteiger partial charge in [-0.05, 0) is 18.6 Å². The topological polar surface area (TPSA) is 81.5 Å². The van der Waals surface area contributed by atoms with Crippen LogP contribution >= 0.6 is 0 Å². The van der Waals surface area contributed by atoms with Gasteiger partial charge < -0.3 is 10.1 Å². The first-order valence-corrected chi connectivity index (χ1v) is 5.40. The van der Waals surface area contributed by atoms with E-state index in [9.17, 15) is 19.3 Å². The number of hydrogen-bond donors (Lipinski definition) is 1. The van der Waals surface area contributed by atoms with Crippen molar-refractivity contribution in [3.8, 4) is 0 Å². The van der Waals surface area contributed by atoms with Gasteiger partial charge in [0, 0.05) is 12.7 Å². The fourth-order valence-corrected chi connectivity index (χ4v) is 1.76. The molecule has 18 heavy (non-hydrogen) atoms. The number of ether oxygens (including phenoxy) is 1. The number of halogens is 1. The van der Waals surface area contributed by atoms with Crippen LogP contribution in [0, 0.1) is 15.9 Å². The Morgan fingerprint density at radius 1 is 1.56 bits per heavy atom. The van der Waals surface area contributed by atoms with Crippen LogP contribution in [0.25, 0.3) is 0 Å². The Morgan fingerprint density at radius 3 is 2.94 bits per heavy atom. The predicted octanol–water partition coefficient (Wildman–Crippen LogP) is 1.25. The Kier molecular flexibility index (Phi) is 3.52. The summed E-state index contributed by atoms with van der Waals surface area (Å²) in [7, 11) is 0. The molecule has 1 unspecified atom stereocenters. The summed E-state index contributed by atoms with van der Waals surface area (Å²) < 4.78 is 18.1. The predicted molar refractivity (Wildman–Crippen MR) is 59.7 cm³/mol. The van der Waals surface area contributed by atoms with Crippen LogP contribution in [0.15, 0.2) is 18.2 Å². The lowest BCUT2D eigenvalue weighted by atomic mass is 10.1. The summed E-state index contributed by atoms with van der Waals surface area (Å²) >= 11 is 0. The summed E-state index contributed by atoms with van der Waals surface area (Å²) in [5, 5.41) is 13.3. The number of hydrogen-bond acceptors (Lipinski definition) is 4. The second-order valence-electron chi connectivity index (χ2n) is 3.95. The van der Waals surface area contributed by atoms with Crippen LogP contribution in [0.4, 0.5) is 10.1 Å². The molecule has 0 bridgehead atoms. The zero-order chi connectivity index (χ0) is 13.1. The average molecular weight is 254 g/mol. The largest absolute Gasteiger partial charge is 0.379 e. The van der Waals surface area contributed by atoms with Crippen LogP contribution in [0.5, 0.6) is 0 Å². The van der Waals surface area contributed by atoms with E-state index in [0.29, 0.717) is 19.6 Å². The summed E-state index contributed by atoms with van der Waals surface area (Å²) in [6.45, 7) is 0.908. The molecule has 1 fully saturated rings. The molecule has 1 heterocycles. The van der Waals surface area contributed by atoms with Crippen LogP contribution in [0.1, 0.15) is 16.8 Å². The number of nitro groups is 1. The van der Waals surface area contributed by atoms with Crippen molar-refractivity contribution in [2.75, 3.05) is 13.2 Å². The second kappa shape index (κ2) is 5.09. The second-order valence-corrected chi connectivity index (χ2v) is 3.95. The minimum Gasteiger partial charge on any atom is -0.379 e. The molecule has 1 amide bonds. The van der Waals surface area contributed by atoms with Crippen LogP contribution in [0.2, 0.25) is 0 Å². The number of benzene rings is 1. The Labute approximate surface area is 102 Å². The molecule has 0 spiro atoms. The van der Waals surface area contributed by atoms with E-state index in [-0.39, 0.29) is 11.6 Å². The van der Waals surface area contributed by atoms with Gasteiger partial charge in [0.1, 0.15) is 11.4 Å². The molecule has 0 saturated carbocycles. The Hall–Kier alpha value is -2.02. The molecule has 1 aromatic carbocycles. The number of nitrogens with zero attached hydrogens (tertiary/aromatic N) is 1. The molecule has 6 nitrogen and oxygen atoms in total. The molecule has 1 N–H and O–H groups in total. The first-order valence-electron chi connectivity index (χ1n) is 5.40. The third kappa shape index (κ3) is 2.62. The zero-order valence-electron chi connectivity index (χ0n) is 9.39. The molecule has 0 radical (unpaired) electrons. The van der Waals surface area contributed by atoms with E-state index in [1.165, 1.54) is 0 Å². The van der Waals surface area contributed by atoms with E-state index < -0.39 is 22.3 Å². The molecule has 1 saturated heterocycles. The maximum absolute atomic E-state index is 13.1. The maximum Gasteiger partial charge on any atom is 0.282 e. The zero-order valence-corrected chi connectivity index (χ0v) is 9.39. The quantitative estimate of drug-likeness (QED) is 0.650. The Balaban J connectivity index is 2.22. The third-order valence-corrected chi connectivity index (χ3v) is 2.66. The van der Waals surface area contributed by atoms with Crippen LogP contribution in [0.3, 0.4) is 0 Å². The fraction of sp³-hybridized carbons (Fsp3) is 0.364. The summed E-state index contributed by atoms with van der Waals surface area (Å²) in [5.41, 5.74) is -0.681. The minimum atomic E-state index is -0.709. The normalized spacial score (nSPS) is 18.6. The fourth-order valence-electron chi connectivity index (χ4n) is 1.76. The number of carbonyl (C=O) groups excluding carboxylic acids is 1. The van der Waals surface area contributed by atoms with Crippen LogP contribution in [-0.4, -0.2) is 30.1 Å². The van der Waals surface area contributed by atoms with Gasteiger partial charge >= 0.3 is 0 Å². The standard InChI is InChI=1S/C11H11FN2O4/c12-7-1-2-10(14(16)17)9(5-7)11(15)13-8-3-4-18-6-8/h1-2,5,8H,3-4,6H2,(H,13,15). The van der Waals surface area contributed by atoms with Crippen molar-refractivity contribution in [2.24, 2.45) is 0 Å². The molecule has 1 aromatic rings. The van der Waals surface area contributed by atoms with Crippen molar-refractivity contribution in [2.45, 2.75) is 12.5 Å². The molecule has 2 rings (SSSR count). The summed E-state index contributed by atoms with van der Waals surface area (Å²) in [6, 6.07) is 2.62. The van der Waals surface area contributed by atoms with Gasteiger partial charge in [-0.1, -0.05) is 0 Å². The third-order valence-electron chi connectivity index (χ3n) is 2.66. The molecule has 1 aliphatic heterocycles. The number of nitro benzene ring substituents is 1. The van der Waals surface area contributed by atoms with Gasteiger partial charge in [-0.3, -0.25) is 14.9 Å². The van der Waals surface area contributed by atoms with Gasteiger partial charge in [0.25, 0.3) is 11.6 Å². The molecular formula is C11H11FN2O4. The summed E-state index contributed by atoms with van der Waals surface area (Å²) in [6.07, 6.45) is 0.648. The highest BCUT2D eigenvalue weighted by Crippen LogP contribution is 2.20. The van der Waals surface area contributed by atoms with Gasteiger partial charge in [-0.2, -0.15) is 0 Å². The van der Waals surface area contributed by atoms with Crippen LogP contribution < -0.4 is 5.32 Å². The summed E-state index contributed by atoms with van der Waals surface area (Å²) in [4.78, 5) is 21.9. The number of amides is 1. The van der Waals surface area contributed by atoms with E-state index in [0.717, 1.165) is 18.2 Å². The van der Waals surface area contributed by atoms with Crippen molar-refractivity contribution in [3.05, 3.63) is 39.7 Å². The Bertz CT molecular complexity index is 486. The van der Waals surface area contributed by atoms with Crippen LogP contribution in [-0.2, 0) is 4.74 Å². The Morgan fingerprint density at radius 2 is 2.33 bits per heavy atom. The van der Waals surface area contributed by atoms with Gasteiger partial charge in [0.05, 0.1) is 17.6 Å². The lowest BCUT2D eigenvalue weighted by Crippen LogP contribution is -2.35. The van der Waals surface area contributed by atoms with E-state index >= 15 is 0 Å². The van der Waals surface area contributed by atoms with E-state index in [2.05, 4.69) is 5.32 Å². The van der Waals surface area contributed by atoms with Crippen molar-refractivity contribution in [1.29, 1.82) is 0 Å². The number of rotatable bonds is 3. The van der Waals surface area contributed by atoms with Crippen molar-refractivity contribution < 1.29 is 18.8 Å². The highest BCUT2D eigenvalue weighted by atomic mass is 19.1. The van der Waals surface area contributed by atoms with Gasteiger partial charge in [0.15, 0.2) is 0 Å². The first kappa shape index (κ1) is 12.4. The lowest BCUT2D eigenvalue weighted by molar-refractivity contribution is -0.385. The molecule has 96 valence electrons. The molecule has 0 aromatic heterocycles.